The van der Waals surface area contributed by atoms with Crippen molar-refractivity contribution in [2.45, 2.75) is 18.2 Å². The molecule has 0 radical (unpaired) electrons. The summed E-state index contributed by atoms with van der Waals surface area (Å²) in [5.41, 5.74) is 0. The molecule has 0 atom stereocenters. The number of benzene rings is 1. The van der Waals surface area contributed by atoms with Gasteiger partial charge in [0.25, 0.3) is 0 Å². The van der Waals surface area contributed by atoms with E-state index < -0.39 is 10.0 Å². The van der Waals surface area contributed by atoms with E-state index in [1.165, 1.54) is 4.31 Å². The minimum Gasteiger partial charge on any atom is -0.494 e. The van der Waals surface area contributed by atoms with E-state index in [-0.39, 0.29) is 6.61 Å². The lowest BCUT2D eigenvalue weighted by atomic mass is 10.3. The third kappa shape index (κ3) is 5.93. The van der Waals surface area contributed by atoms with Crippen LogP contribution in [0.15, 0.2) is 29.2 Å². The van der Waals surface area contributed by atoms with Crippen molar-refractivity contribution in [3.05, 3.63) is 24.3 Å². The van der Waals surface area contributed by atoms with E-state index >= 15 is 0 Å². The molecule has 0 aliphatic carbocycles. The van der Waals surface area contributed by atoms with Gasteiger partial charge in [-0.15, -0.1) is 0 Å². The molecule has 1 aliphatic heterocycles. The van der Waals surface area contributed by atoms with Crippen molar-refractivity contribution in [1.82, 2.24) is 9.21 Å². The number of sulfonamides is 1. The fourth-order valence-corrected chi connectivity index (χ4v) is 4.05. The van der Waals surface area contributed by atoms with Gasteiger partial charge in [0.1, 0.15) is 5.75 Å². The van der Waals surface area contributed by atoms with Crippen molar-refractivity contribution in [1.29, 1.82) is 0 Å². The summed E-state index contributed by atoms with van der Waals surface area (Å²) in [7, 11) is -3.47. The maximum atomic E-state index is 12.7. The van der Waals surface area contributed by atoms with Gasteiger partial charge in [0, 0.05) is 32.7 Å². The molecule has 0 unspecified atom stereocenters. The van der Waals surface area contributed by atoms with Crippen molar-refractivity contribution in [3.63, 3.8) is 0 Å². The van der Waals surface area contributed by atoms with Gasteiger partial charge in [0.2, 0.25) is 10.0 Å². The van der Waals surface area contributed by atoms with Gasteiger partial charge >= 0.3 is 0 Å². The molecule has 2 rings (SSSR count). The van der Waals surface area contributed by atoms with Crippen LogP contribution in [-0.2, 0) is 14.8 Å². The highest BCUT2D eigenvalue weighted by Crippen LogP contribution is 2.21. The first kappa shape index (κ1) is 20.1. The molecule has 7 nitrogen and oxygen atoms in total. The second-order valence-electron chi connectivity index (χ2n) is 5.90. The standard InChI is InChI=1S/C17H28N2O5S/c1-2-13-24-16-3-5-17(6-4-16)25(21,22)19-9-7-18(8-10-19)11-14-23-15-12-20/h3-6,20H,2,7-15H2,1H3. The Labute approximate surface area is 150 Å². The summed E-state index contributed by atoms with van der Waals surface area (Å²) in [6, 6.07) is 6.62. The third-order valence-corrected chi connectivity index (χ3v) is 5.97. The van der Waals surface area contributed by atoms with E-state index in [1.54, 1.807) is 24.3 Å². The fourth-order valence-electron chi connectivity index (χ4n) is 2.63. The predicted molar refractivity (Wildman–Crippen MR) is 95.3 cm³/mol. The van der Waals surface area contributed by atoms with Gasteiger partial charge in [-0.1, -0.05) is 6.92 Å². The molecular weight excluding hydrogens is 344 g/mol. The molecule has 0 aromatic heterocycles. The smallest absolute Gasteiger partial charge is 0.243 e. The van der Waals surface area contributed by atoms with Crippen LogP contribution in [-0.4, -0.2) is 81.9 Å². The molecule has 1 aliphatic rings. The highest BCUT2D eigenvalue weighted by molar-refractivity contribution is 7.89. The number of hydrogen-bond acceptors (Lipinski definition) is 6. The van der Waals surface area contributed by atoms with Gasteiger partial charge in [0.15, 0.2) is 0 Å². The fraction of sp³-hybridized carbons (Fsp3) is 0.647. The van der Waals surface area contributed by atoms with Crippen molar-refractivity contribution < 1.29 is 23.0 Å². The van der Waals surface area contributed by atoms with Crippen molar-refractivity contribution >= 4 is 10.0 Å². The summed E-state index contributed by atoms with van der Waals surface area (Å²) >= 11 is 0. The van der Waals surface area contributed by atoms with Gasteiger partial charge in [-0.2, -0.15) is 4.31 Å². The molecule has 0 amide bonds. The van der Waals surface area contributed by atoms with Crippen LogP contribution in [0.4, 0.5) is 0 Å². The molecule has 142 valence electrons. The zero-order chi connectivity index (χ0) is 18.1. The van der Waals surface area contributed by atoms with E-state index in [1.807, 2.05) is 6.92 Å². The summed E-state index contributed by atoms with van der Waals surface area (Å²) in [5, 5.41) is 8.68. The highest BCUT2D eigenvalue weighted by atomic mass is 32.2. The molecule has 1 heterocycles. The minimum absolute atomic E-state index is 0.0221. The number of nitrogens with zero attached hydrogens (tertiary/aromatic N) is 2. The minimum atomic E-state index is -3.47. The topological polar surface area (TPSA) is 79.3 Å². The Balaban J connectivity index is 1.86. The molecule has 0 spiro atoms. The lowest BCUT2D eigenvalue weighted by molar-refractivity contribution is 0.0661. The van der Waals surface area contributed by atoms with Crippen LogP contribution < -0.4 is 4.74 Å². The van der Waals surface area contributed by atoms with E-state index in [9.17, 15) is 8.42 Å². The molecular formula is C17H28N2O5S. The molecule has 1 aromatic carbocycles. The zero-order valence-electron chi connectivity index (χ0n) is 14.8. The van der Waals surface area contributed by atoms with Crippen LogP contribution >= 0.6 is 0 Å². The van der Waals surface area contributed by atoms with E-state index in [0.29, 0.717) is 56.6 Å². The summed E-state index contributed by atoms with van der Waals surface area (Å²) in [6.45, 7) is 6.60. The van der Waals surface area contributed by atoms with E-state index in [4.69, 9.17) is 14.6 Å². The second kappa shape index (κ2) is 10.1. The van der Waals surface area contributed by atoms with Gasteiger partial charge < -0.3 is 14.6 Å². The molecule has 0 bridgehead atoms. The number of ether oxygens (including phenoxy) is 2. The number of piperazine rings is 1. The van der Waals surface area contributed by atoms with Gasteiger partial charge in [-0.05, 0) is 30.7 Å². The Morgan fingerprint density at radius 3 is 2.32 bits per heavy atom. The molecule has 1 N–H and O–H groups in total. The Hall–Kier alpha value is -1.19. The zero-order valence-corrected chi connectivity index (χ0v) is 15.6. The van der Waals surface area contributed by atoms with Crippen LogP contribution in [0.5, 0.6) is 5.75 Å². The Morgan fingerprint density at radius 1 is 1.04 bits per heavy atom. The maximum absolute atomic E-state index is 12.7. The maximum Gasteiger partial charge on any atom is 0.243 e. The van der Waals surface area contributed by atoms with Crippen molar-refractivity contribution in [3.8, 4) is 5.75 Å². The molecule has 8 heteroatoms. The summed E-state index contributed by atoms with van der Waals surface area (Å²) < 4.78 is 37.7. The van der Waals surface area contributed by atoms with E-state index in [2.05, 4.69) is 4.90 Å². The largest absolute Gasteiger partial charge is 0.494 e. The number of hydrogen-bond donors (Lipinski definition) is 1. The highest BCUT2D eigenvalue weighted by Gasteiger charge is 2.28. The molecule has 0 saturated carbocycles. The van der Waals surface area contributed by atoms with Gasteiger partial charge in [0.05, 0.1) is 31.3 Å². The predicted octanol–water partition coefficient (Wildman–Crippen LogP) is 0.791. The molecule has 1 fully saturated rings. The molecule has 1 aromatic rings. The number of rotatable bonds is 10. The molecule has 1 saturated heterocycles. The lowest BCUT2D eigenvalue weighted by Crippen LogP contribution is -2.49. The van der Waals surface area contributed by atoms with Crippen LogP contribution in [0, 0.1) is 0 Å². The van der Waals surface area contributed by atoms with Gasteiger partial charge in [-0.25, -0.2) is 8.42 Å². The average molecular weight is 372 g/mol. The third-order valence-electron chi connectivity index (χ3n) is 4.05. The Bertz CT molecular complexity index is 598. The first-order chi connectivity index (χ1) is 12.1. The van der Waals surface area contributed by atoms with Gasteiger partial charge in [-0.3, -0.25) is 4.90 Å². The first-order valence-corrected chi connectivity index (χ1v) is 10.2. The Morgan fingerprint density at radius 2 is 1.72 bits per heavy atom. The van der Waals surface area contributed by atoms with Crippen molar-refractivity contribution in [2.75, 3.05) is 59.2 Å². The monoisotopic (exact) mass is 372 g/mol. The normalized spacial score (nSPS) is 16.9. The first-order valence-electron chi connectivity index (χ1n) is 8.72. The van der Waals surface area contributed by atoms with Crippen LogP contribution in [0.3, 0.4) is 0 Å². The second-order valence-corrected chi connectivity index (χ2v) is 7.84. The number of aliphatic hydroxyl groups is 1. The van der Waals surface area contributed by atoms with Crippen molar-refractivity contribution in [2.24, 2.45) is 0 Å². The van der Waals surface area contributed by atoms with Crippen LogP contribution in [0.2, 0.25) is 0 Å². The Kier molecular flexibility index (Phi) is 8.11. The quantitative estimate of drug-likeness (QED) is 0.612. The summed E-state index contributed by atoms with van der Waals surface area (Å²) in [6.07, 6.45) is 0.912. The molecule has 25 heavy (non-hydrogen) atoms. The SMILES string of the molecule is CCCOc1ccc(S(=O)(=O)N2CCN(CCOCCO)CC2)cc1. The lowest BCUT2D eigenvalue weighted by Gasteiger charge is -2.33. The summed E-state index contributed by atoms with van der Waals surface area (Å²) in [5.74, 6) is 0.688. The average Bonchev–Trinajstić information content (AvgIpc) is 2.64. The number of aliphatic hydroxyl groups excluding tert-OH is 1. The van der Waals surface area contributed by atoms with Crippen LogP contribution in [0.1, 0.15) is 13.3 Å². The van der Waals surface area contributed by atoms with Crippen LogP contribution in [0.25, 0.3) is 0 Å². The van der Waals surface area contributed by atoms with E-state index in [0.717, 1.165) is 13.0 Å². The summed E-state index contributed by atoms with van der Waals surface area (Å²) in [4.78, 5) is 2.47.